The molecular formula is C11H18BrN3O2. The summed E-state index contributed by atoms with van der Waals surface area (Å²) in [6.45, 7) is 4.40. The van der Waals surface area contributed by atoms with Crippen LogP contribution in [0.25, 0.3) is 0 Å². The van der Waals surface area contributed by atoms with Gasteiger partial charge < -0.3 is 4.74 Å². The number of nitrogens with one attached hydrogen (secondary N) is 1. The van der Waals surface area contributed by atoms with E-state index in [1.54, 1.807) is 6.92 Å². The number of aryl methyl sites for hydroxylation is 2. The molecule has 1 heterocycles. The van der Waals surface area contributed by atoms with Gasteiger partial charge in [0.05, 0.1) is 23.0 Å². The van der Waals surface area contributed by atoms with Gasteiger partial charge in [-0.2, -0.15) is 5.10 Å². The second kappa shape index (κ2) is 6.16. The van der Waals surface area contributed by atoms with Gasteiger partial charge in [-0.15, -0.1) is 0 Å². The summed E-state index contributed by atoms with van der Waals surface area (Å²) >= 11 is 3.53. The third-order valence-electron chi connectivity index (χ3n) is 2.63. The van der Waals surface area contributed by atoms with Crippen molar-refractivity contribution in [2.45, 2.75) is 32.9 Å². The lowest BCUT2D eigenvalue weighted by atomic mass is 10.3. The zero-order chi connectivity index (χ0) is 13.0. The van der Waals surface area contributed by atoms with Crippen LogP contribution < -0.4 is 5.32 Å². The normalized spacial score (nSPS) is 12.5. The Hall–Kier alpha value is -0.880. The molecule has 0 bridgehead atoms. The molecular weight excluding hydrogens is 286 g/mol. The number of methoxy groups -OCH3 is 1. The van der Waals surface area contributed by atoms with Crippen molar-refractivity contribution in [1.29, 1.82) is 0 Å². The van der Waals surface area contributed by atoms with Crippen molar-refractivity contribution < 1.29 is 9.53 Å². The minimum absolute atomic E-state index is 0.265. The van der Waals surface area contributed by atoms with Crippen molar-refractivity contribution in [3.63, 3.8) is 0 Å². The van der Waals surface area contributed by atoms with Crippen LogP contribution in [0.3, 0.4) is 0 Å². The second-order valence-electron chi connectivity index (χ2n) is 3.81. The molecule has 1 N–H and O–H groups in total. The average molecular weight is 304 g/mol. The van der Waals surface area contributed by atoms with Crippen LogP contribution in [0.1, 0.15) is 25.2 Å². The van der Waals surface area contributed by atoms with E-state index in [1.807, 2.05) is 11.7 Å². The topological polar surface area (TPSA) is 56.2 Å². The molecule has 0 spiro atoms. The Labute approximate surface area is 110 Å². The zero-order valence-electron chi connectivity index (χ0n) is 10.6. The SMILES string of the molecule is CCc1nn(C)c(CNC(C)C(=O)OC)c1Br. The van der Waals surface area contributed by atoms with Crippen LogP contribution in [-0.2, 0) is 29.5 Å². The molecule has 0 aliphatic heterocycles. The minimum Gasteiger partial charge on any atom is -0.468 e. The van der Waals surface area contributed by atoms with E-state index < -0.39 is 0 Å². The third-order valence-corrected chi connectivity index (χ3v) is 3.55. The van der Waals surface area contributed by atoms with Crippen LogP contribution in [-0.4, -0.2) is 28.9 Å². The molecule has 1 rings (SSSR count). The number of rotatable bonds is 5. The van der Waals surface area contributed by atoms with E-state index in [0.717, 1.165) is 22.3 Å². The van der Waals surface area contributed by atoms with Crippen LogP contribution in [0, 0.1) is 0 Å². The Morgan fingerprint density at radius 2 is 2.29 bits per heavy atom. The predicted molar refractivity (Wildman–Crippen MR) is 68.6 cm³/mol. The Morgan fingerprint density at radius 1 is 1.65 bits per heavy atom. The summed E-state index contributed by atoms with van der Waals surface area (Å²) in [7, 11) is 3.28. The number of hydrogen-bond acceptors (Lipinski definition) is 4. The van der Waals surface area contributed by atoms with Gasteiger partial charge in [-0.05, 0) is 29.3 Å². The van der Waals surface area contributed by atoms with Gasteiger partial charge in [-0.1, -0.05) is 6.92 Å². The van der Waals surface area contributed by atoms with Crippen molar-refractivity contribution in [3.8, 4) is 0 Å². The van der Waals surface area contributed by atoms with Gasteiger partial charge in [0.25, 0.3) is 0 Å². The third kappa shape index (κ3) is 3.29. The standard InChI is InChI=1S/C11H18BrN3O2/c1-5-8-10(12)9(15(3)14-8)6-13-7(2)11(16)17-4/h7,13H,5-6H2,1-4H3. The van der Waals surface area contributed by atoms with E-state index in [1.165, 1.54) is 7.11 Å². The van der Waals surface area contributed by atoms with Crippen LogP contribution >= 0.6 is 15.9 Å². The first-order valence-electron chi connectivity index (χ1n) is 5.52. The Morgan fingerprint density at radius 3 is 2.76 bits per heavy atom. The van der Waals surface area contributed by atoms with Crippen molar-refractivity contribution in [3.05, 3.63) is 15.9 Å². The fraction of sp³-hybridized carbons (Fsp3) is 0.636. The number of carbonyl (C=O) groups excluding carboxylic acids is 1. The fourth-order valence-electron chi connectivity index (χ4n) is 1.52. The summed E-state index contributed by atoms with van der Waals surface area (Å²) in [5.41, 5.74) is 2.05. The molecule has 96 valence electrons. The summed E-state index contributed by atoms with van der Waals surface area (Å²) in [5, 5.41) is 7.49. The van der Waals surface area contributed by atoms with Crippen molar-refractivity contribution in [2.75, 3.05) is 7.11 Å². The van der Waals surface area contributed by atoms with Gasteiger partial charge in [0.1, 0.15) is 6.04 Å². The molecule has 0 saturated carbocycles. The van der Waals surface area contributed by atoms with Gasteiger partial charge >= 0.3 is 5.97 Å². The lowest BCUT2D eigenvalue weighted by Gasteiger charge is -2.11. The first kappa shape index (κ1) is 14.2. The Balaban J connectivity index is 2.69. The maximum absolute atomic E-state index is 11.2. The quantitative estimate of drug-likeness (QED) is 0.835. The summed E-state index contributed by atoms with van der Waals surface area (Å²) < 4.78 is 7.48. The highest BCUT2D eigenvalue weighted by Crippen LogP contribution is 2.21. The van der Waals surface area contributed by atoms with E-state index in [-0.39, 0.29) is 12.0 Å². The monoisotopic (exact) mass is 303 g/mol. The van der Waals surface area contributed by atoms with E-state index in [4.69, 9.17) is 0 Å². The van der Waals surface area contributed by atoms with Crippen LogP contribution in [0.2, 0.25) is 0 Å². The lowest BCUT2D eigenvalue weighted by molar-refractivity contribution is -0.142. The molecule has 0 saturated heterocycles. The molecule has 0 aliphatic rings. The smallest absolute Gasteiger partial charge is 0.322 e. The van der Waals surface area contributed by atoms with Gasteiger partial charge in [0.2, 0.25) is 0 Å². The average Bonchev–Trinajstić information content (AvgIpc) is 2.60. The number of nitrogens with zero attached hydrogens (tertiary/aromatic N) is 2. The highest BCUT2D eigenvalue weighted by molar-refractivity contribution is 9.10. The molecule has 0 amide bonds. The highest BCUT2D eigenvalue weighted by atomic mass is 79.9. The molecule has 1 unspecified atom stereocenters. The van der Waals surface area contributed by atoms with Gasteiger partial charge in [0.15, 0.2) is 0 Å². The van der Waals surface area contributed by atoms with Gasteiger partial charge in [-0.3, -0.25) is 14.8 Å². The number of halogens is 1. The molecule has 0 aromatic carbocycles. The van der Waals surface area contributed by atoms with Crippen molar-refractivity contribution in [1.82, 2.24) is 15.1 Å². The Kier molecular flexibility index (Phi) is 5.14. The summed E-state index contributed by atoms with van der Waals surface area (Å²) in [6, 6.07) is -0.327. The molecule has 1 aromatic rings. The van der Waals surface area contributed by atoms with Crippen LogP contribution in [0.5, 0.6) is 0 Å². The number of hydrogen-bond donors (Lipinski definition) is 1. The first-order chi connectivity index (χ1) is 8.01. The lowest BCUT2D eigenvalue weighted by Crippen LogP contribution is -2.34. The van der Waals surface area contributed by atoms with Crippen LogP contribution in [0.4, 0.5) is 0 Å². The molecule has 0 radical (unpaired) electrons. The predicted octanol–water partition coefficient (Wildman–Crippen LogP) is 1.40. The molecule has 5 nitrogen and oxygen atoms in total. The maximum Gasteiger partial charge on any atom is 0.322 e. The molecule has 1 atom stereocenters. The fourth-order valence-corrected chi connectivity index (χ4v) is 2.28. The maximum atomic E-state index is 11.2. The highest BCUT2D eigenvalue weighted by Gasteiger charge is 2.16. The van der Waals surface area contributed by atoms with E-state index >= 15 is 0 Å². The van der Waals surface area contributed by atoms with E-state index in [0.29, 0.717) is 6.54 Å². The molecule has 6 heteroatoms. The van der Waals surface area contributed by atoms with Crippen molar-refractivity contribution in [2.24, 2.45) is 7.05 Å². The summed E-state index contributed by atoms with van der Waals surface area (Å²) in [5.74, 6) is -0.265. The zero-order valence-corrected chi connectivity index (χ0v) is 12.2. The number of carbonyl (C=O) groups is 1. The molecule has 0 aliphatic carbocycles. The second-order valence-corrected chi connectivity index (χ2v) is 4.60. The van der Waals surface area contributed by atoms with Gasteiger partial charge in [0, 0.05) is 13.6 Å². The minimum atomic E-state index is -0.327. The van der Waals surface area contributed by atoms with E-state index in [2.05, 4.69) is 38.0 Å². The largest absolute Gasteiger partial charge is 0.468 e. The summed E-state index contributed by atoms with van der Waals surface area (Å²) in [4.78, 5) is 11.2. The van der Waals surface area contributed by atoms with E-state index in [9.17, 15) is 4.79 Å². The molecule has 1 aromatic heterocycles. The number of ether oxygens (including phenoxy) is 1. The van der Waals surface area contributed by atoms with Crippen molar-refractivity contribution >= 4 is 21.9 Å². The van der Waals surface area contributed by atoms with Gasteiger partial charge in [-0.25, -0.2) is 0 Å². The Bertz CT molecular complexity index is 404. The summed E-state index contributed by atoms with van der Waals surface area (Å²) in [6.07, 6.45) is 0.876. The number of esters is 1. The first-order valence-corrected chi connectivity index (χ1v) is 6.32. The van der Waals surface area contributed by atoms with Crippen LogP contribution in [0.15, 0.2) is 4.47 Å². The number of aromatic nitrogens is 2. The molecule has 17 heavy (non-hydrogen) atoms. The molecule has 0 fully saturated rings.